The molecule has 26 heavy (non-hydrogen) atoms. The van der Waals surface area contributed by atoms with Crippen molar-refractivity contribution < 1.29 is 19.1 Å². The van der Waals surface area contributed by atoms with Gasteiger partial charge in [0.15, 0.2) is 0 Å². The number of nitrogens with two attached hydrogens (primary N) is 1. The molecule has 2 rings (SSSR count). The van der Waals surface area contributed by atoms with Crippen molar-refractivity contribution >= 4 is 17.6 Å². The molecule has 0 bridgehead atoms. The zero-order valence-electron chi connectivity index (χ0n) is 15.3. The Kier molecular flexibility index (Phi) is 6.06. The van der Waals surface area contributed by atoms with Gasteiger partial charge in [-0.2, -0.15) is 0 Å². The monoisotopic (exact) mass is 357 g/mol. The molecule has 0 spiro atoms. The van der Waals surface area contributed by atoms with Crippen LogP contribution in [0.4, 0.5) is 10.5 Å². The number of primary amides is 1. The van der Waals surface area contributed by atoms with Crippen molar-refractivity contribution in [2.45, 2.75) is 19.9 Å². The van der Waals surface area contributed by atoms with Gasteiger partial charge in [-0.1, -0.05) is 12.1 Å². The van der Waals surface area contributed by atoms with Gasteiger partial charge < -0.3 is 25.8 Å². The average Bonchev–Trinajstić information content (AvgIpc) is 2.61. The third kappa shape index (κ3) is 4.44. The Morgan fingerprint density at radius 1 is 1.04 bits per heavy atom. The first-order chi connectivity index (χ1) is 12.3. The highest BCUT2D eigenvalue weighted by atomic mass is 16.5. The molecule has 7 nitrogen and oxygen atoms in total. The number of anilines is 1. The molecule has 0 saturated heterocycles. The molecule has 2 aromatic carbocycles. The van der Waals surface area contributed by atoms with E-state index < -0.39 is 6.03 Å². The number of methoxy groups -OCH3 is 2. The first-order valence-corrected chi connectivity index (χ1v) is 8.05. The Hall–Kier alpha value is -3.22. The van der Waals surface area contributed by atoms with E-state index in [4.69, 9.17) is 15.2 Å². The molecule has 138 valence electrons. The molecular formula is C19H23N3O4. The molecule has 0 aliphatic carbocycles. The number of nitrogens with one attached hydrogen (secondary N) is 2. The van der Waals surface area contributed by atoms with E-state index >= 15 is 0 Å². The van der Waals surface area contributed by atoms with Crippen molar-refractivity contribution in [1.82, 2.24) is 5.32 Å². The second-order valence-corrected chi connectivity index (χ2v) is 5.81. The second kappa shape index (κ2) is 8.24. The van der Waals surface area contributed by atoms with Crippen molar-refractivity contribution in [2.75, 3.05) is 19.5 Å². The third-order valence-corrected chi connectivity index (χ3v) is 4.04. The summed E-state index contributed by atoms with van der Waals surface area (Å²) >= 11 is 0. The zero-order chi connectivity index (χ0) is 19.3. The molecule has 0 fully saturated rings. The van der Waals surface area contributed by atoms with Crippen LogP contribution in [0, 0.1) is 6.92 Å². The van der Waals surface area contributed by atoms with Crippen molar-refractivity contribution in [3.63, 3.8) is 0 Å². The van der Waals surface area contributed by atoms with E-state index in [1.807, 2.05) is 26.0 Å². The molecule has 0 aromatic heterocycles. The summed E-state index contributed by atoms with van der Waals surface area (Å²) in [4.78, 5) is 23.4. The zero-order valence-corrected chi connectivity index (χ0v) is 15.3. The second-order valence-electron chi connectivity index (χ2n) is 5.81. The van der Waals surface area contributed by atoms with Crippen molar-refractivity contribution in [3.8, 4) is 11.5 Å². The Morgan fingerprint density at radius 2 is 1.58 bits per heavy atom. The van der Waals surface area contributed by atoms with Crippen LogP contribution in [0.15, 0.2) is 36.4 Å². The van der Waals surface area contributed by atoms with Crippen LogP contribution in [0.2, 0.25) is 0 Å². The number of benzene rings is 2. The van der Waals surface area contributed by atoms with Crippen LogP contribution in [-0.2, 0) is 0 Å². The van der Waals surface area contributed by atoms with Crippen LogP contribution in [0.25, 0.3) is 0 Å². The first-order valence-electron chi connectivity index (χ1n) is 8.05. The van der Waals surface area contributed by atoms with Crippen LogP contribution in [0.3, 0.4) is 0 Å². The van der Waals surface area contributed by atoms with E-state index in [-0.39, 0.29) is 11.9 Å². The minimum Gasteiger partial charge on any atom is -0.496 e. The van der Waals surface area contributed by atoms with Crippen LogP contribution < -0.4 is 25.8 Å². The van der Waals surface area contributed by atoms with Crippen LogP contribution in [-0.4, -0.2) is 26.2 Å². The maximum absolute atomic E-state index is 12.6. The van der Waals surface area contributed by atoms with Crippen LogP contribution in [0.1, 0.15) is 34.5 Å². The van der Waals surface area contributed by atoms with Gasteiger partial charge in [-0.25, -0.2) is 4.79 Å². The van der Waals surface area contributed by atoms with Gasteiger partial charge in [-0.15, -0.1) is 0 Å². The Bertz CT molecular complexity index is 778. The number of amides is 3. The number of carbonyl (C=O) groups is 2. The molecule has 1 atom stereocenters. The lowest BCUT2D eigenvalue weighted by molar-refractivity contribution is 0.0939. The Labute approximate surface area is 152 Å². The molecule has 4 N–H and O–H groups in total. The summed E-state index contributed by atoms with van der Waals surface area (Å²) in [6, 6.07) is 9.57. The van der Waals surface area contributed by atoms with Crippen molar-refractivity contribution in [3.05, 3.63) is 53.1 Å². The molecule has 0 aliphatic heterocycles. The molecule has 0 unspecified atom stereocenters. The summed E-state index contributed by atoms with van der Waals surface area (Å²) in [5.74, 6) is 0.932. The van der Waals surface area contributed by atoms with E-state index in [2.05, 4.69) is 10.6 Å². The maximum Gasteiger partial charge on any atom is 0.316 e. The van der Waals surface area contributed by atoms with Crippen molar-refractivity contribution in [1.29, 1.82) is 0 Å². The fraction of sp³-hybridized carbons (Fsp3) is 0.263. The minimum atomic E-state index is -0.624. The summed E-state index contributed by atoms with van der Waals surface area (Å²) in [6.07, 6.45) is 0. The molecule has 0 aliphatic rings. The molecular weight excluding hydrogens is 334 g/mol. The standard InChI is InChI=1S/C19H23N3O4/c1-11-16(25-3)9-14(10-17(11)26-4)18(23)21-12(2)13-5-7-15(8-6-13)22-19(20)24/h5-10,12H,1-4H3,(H,21,23)(H3,20,22,24)/t12-/m0/s1. The van der Waals surface area contributed by atoms with Crippen LogP contribution in [0.5, 0.6) is 11.5 Å². The van der Waals surface area contributed by atoms with Gasteiger partial charge in [0.05, 0.1) is 20.3 Å². The van der Waals surface area contributed by atoms with Crippen molar-refractivity contribution in [2.24, 2.45) is 5.73 Å². The highest BCUT2D eigenvalue weighted by molar-refractivity contribution is 5.95. The summed E-state index contributed by atoms with van der Waals surface area (Å²) in [7, 11) is 3.10. The molecule has 0 saturated carbocycles. The lowest BCUT2D eigenvalue weighted by Gasteiger charge is -2.17. The number of urea groups is 1. The average molecular weight is 357 g/mol. The first kappa shape index (κ1) is 19.1. The van der Waals surface area contributed by atoms with Crippen LogP contribution >= 0.6 is 0 Å². The highest BCUT2D eigenvalue weighted by Crippen LogP contribution is 2.29. The Morgan fingerprint density at radius 3 is 2.04 bits per heavy atom. The maximum atomic E-state index is 12.6. The van der Waals surface area contributed by atoms with E-state index in [1.165, 1.54) is 0 Å². The number of hydrogen-bond acceptors (Lipinski definition) is 4. The normalized spacial score (nSPS) is 11.4. The Balaban J connectivity index is 2.15. The van der Waals surface area contributed by atoms with Gasteiger partial charge in [0, 0.05) is 16.8 Å². The van der Waals surface area contributed by atoms with Gasteiger partial charge in [0.25, 0.3) is 5.91 Å². The van der Waals surface area contributed by atoms with E-state index in [0.29, 0.717) is 22.7 Å². The predicted molar refractivity (Wildman–Crippen MR) is 99.8 cm³/mol. The number of carbonyl (C=O) groups excluding carboxylic acids is 2. The fourth-order valence-corrected chi connectivity index (χ4v) is 2.58. The molecule has 0 heterocycles. The largest absolute Gasteiger partial charge is 0.496 e. The summed E-state index contributed by atoms with van der Waals surface area (Å²) in [5, 5.41) is 5.42. The van der Waals surface area contributed by atoms with Gasteiger partial charge in [-0.05, 0) is 43.7 Å². The number of hydrogen-bond donors (Lipinski definition) is 3. The molecule has 0 radical (unpaired) electrons. The van der Waals surface area contributed by atoms with E-state index in [1.54, 1.807) is 38.5 Å². The summed E-state index contributed by atoms with van der Waals surface area (Å²) in [5.41, 5.74) is 7.84. The molecule has 7 heteroatoms. The highest BCUT2D eigenvalue weighted by Gasteiger charge is 2.16. The predicted octanol–water partition coefficient (Wildman–Crippen LogP) is 2.99. The smallest absolute Gasteiger partial charge is 0.316 e. The van der Waals surface area contributed by atoms with Gasteiger partial charge in [-0.3, -0.25) is 4.79 Å². The van der Waals surface area contributed by atoms with Gasteiger partial charge in [0.2, 0.25) is 0 Å². The number of rotatable bonds is 6. The summed E-state index contributed by atoms with van der Waals surface area (Å²) < 4.78 is 10.6. The number of ether oxygens (including phenoxy) is 2. The topological polar surface area (TPSA) is 103 Å². The quantitative estimate of drug-likeness (QED) is 0.739. The van der Waals surface area contributed by atoms with E-state index in [0.717, 1.165) is 11.1 Å². The van der Waals surface area contributed by atoms with E-state index in [9.17, 15) is 9.59 Å². The lowest BCUT2D eigenvalue weighted by atomic mass is 10.1. The third-order valence-electron chi connectivity index (χ3n) is 4.04. The lowest BCUT2D eigenvalue weighted by Crippen LogP contribution is -2.26. The molecule has 2 aromatic rings. The fourth-order valence-electron chi connectivity index (χ4n) is 2.58. The van der Waals surface area contributed by atoms with Gasteiger partial charge in [0.1, 0.15) is 11.5 Å². The SMILES string of the molecule is COc1cc(C(=O)N[C@@H](C)c2ccc(NC(N)=O)cc2)cc(OC)c1C. The summed E-state index contributed by atoms with van der Waals surface area (Å²) in [6.45, 7) is 3.74. The molecule has 3 amide bonds. The minimum absolute atomic E-state index is 0.233. The van der Waals surface area contributed by atoms with Gasteiger partial charge >= 0.3 is 6.03 Å².